The van der Waals surface area contributed by atoms with E-state index in [0.717, 1.165) is 27.9 Å². The number of carbonyl (C=O) groups is 1. The van der Waals surface area contributed by atoms with Gasteiger partial charge in [-0.1, -0.05) is 42.0 Å². The van der Waals surface area contributed by atoms with Gasteiger partial charge < -0.3 is 5.32 Å². The molecule has 0 aliphatic heterocycles. The fraction of sp³-hybridized carbons (Fsp3) is 0.0870. The predicted octanol–water partition coefficient (Wildman–Crippen LogP) is 4.42. The molecular weight excluding hydrogens is 348 g/mol. The molecule has 0 atom stereocenters. The molecule has 0 radical (unpaired) electrons. The molecule has 1 amide bonds. The van der Waals surface area contributed by atoms with Gasteiger partial charge in [-0.05, 0) is 47.9 Å². The van der Waals surface area contributed by atoms with Crippen LogP contribution in [0, 0.1) is 6.92 Å². The van der Waals surface area contributed by atoms with Crippen molar-refractivity contribution in [2.75, 3.05) is 5.32 Å². The number of aryl methyl sites for hydroxylation is 1. The van der Waals surface area contributed by atoms with E-state index in [9.17, 15) is 4.79 Å². The largest absolute Gasteiger partial charge is 0.323 e. The lowest BCUT2D eigenvalue weighted by Gasteiger charge is -2.06. The molecule has 1 N–H and O–H groups in total. The summed E-state index contributed by atoms with van der Waals surface area (Å²) >= 11 is 0. The summed E-state index contributed by atoms with van der Waals surface area (Å²) in [6.07, 6.45) is 7.37. The van der Waals surface area contributed by atoms with Crippen LogP contribution >= 0.6 is 0 Å². The Morgan fingerprint density at radius 2 is 1.82 bits per heavy atom. The van der Waals surface area contributed by atoms with Crippen molar-refractivity contribution < 1.29 is 4.79 Å². The van der Waals surface area contributed by atoms with Crippen LogP contribution in [0.3, 0.4) is 0 Å². The average Bonchev–Trinajstić information content (AvgIpc) is 3.17. The third-order valence-electron chi connectivity index (χ3n) is 4.44. The molecule has 2 heterocycles. The normalized spacial score (nSPS) is 10.6. The Hall–Kier alpha value is -3.73. The molecule has 0 aliphatic rings. The third-order valence-corrected chi connectivity index (χ3v) is 4.44. The number of carbonyl (C=O) groups excluding carboxylic acids is 1. The number of nitrogens with zero attached hydrogens (tertiary/aromatic N) is 3. The number of amides is 1. The van der Waals surface area contributed by atoms with E-state index in [4.69, 9.17) is 0 Å². The van der Waals surface area contributed by atoms with Gasteiger partial charge in [0.05, 0.1) is 30.2 Å². The standard InChI is InChI=1S/C23H20N4O/c1-17-4-2-5-18(12-17)13-23(28)26-21-15-25-27(16-21)22-7-3-6-20(14-22)19-8-10-24-11-9-19/h2-12,14-16H,13H2,1H3,(H,26,28). The van der Waals surface area contributed by atoms with Crippen molar-refractivity contribution in [2.45, 2.75) is 13.3 Å². The van der Waals surface area contributed by atoms with Gasteiger partial charge in [0, 0.05) is 12.4 Å². The lowest BCUT2D eigenvalue weighted by atomic mass is 10.1. The zero-order valence-electron chi connectivity index (χ0n) is 15.5. The average molecular weight is 368 g/mol. The predicted molar refractivity (Wildman–Crippen MR) is 110 cm³/mol. The highest BCUT2D eigenvalue weighted by Gasteiger charge is 2.08. The molecule has 28 heavy (non-hydrogen) atoms. The maximum absolute atomic E-state index is 12.3. The second-order valence-electron chi connectivity index (χ2n) is 6.67. The zero-order chi connectivity index (χ0) is 19.3. The van der Waals surface area contributed by atoms with Gasteiger partial charge in [0.25, 0.3) is 0 Å². The molecule has 2 aromatic heterocycles. The van der Waals surface area contributed by atoms with Gasteiger partial charge >= 0.3 is 0 Å². The lowest BCUT2D eigenvalue weighted by Crippen LogP contribution is -2.14. The Kier molecular flexibility index (Phi) is 4.97. The molecule has 5 heteroatoms. The molecular formula is C23H20N4O. The quantitative estimate of drug-likeness (QED) is 0.567. The minimum absolute atomic E-state index is 0.0595. The monoisotopic (exact) mass is 368 g/mol. The Morgan fingerprint density at radius 3 is 2.64 bits per heavy atom. The van der Waals surface area contributed by atoms with Crippen molar-refractivity contribution in [1.29, 1.82) is 0 Å². The Morgan fingerprint density at radius 1 is 1.00 bits per heavy atom. The van der Waals surface area contributed by atoms with E-state index in [1.54, 1.807) is 23.3 Å². The molecule has 4 rings (SSSR count). The number of anilines is 1. The van der Waals surface area contributed by atoms with Gasteiger partial charge in [0.1, 0.15) is 0 Å². The van der Waals surface area contributed by atoms with Crippen molar-refractivity contribution in [2.24, 2.45) is 0 Å². The topological polar surface area (TPSA) is 59.8 Å². The van der Waals surface area contributed by atoms with Crippen molar-refractivity contribution in [3.63, 3.8) is 0 Å². The highest BCUT2D eigenvalue weighted by Crippen LogP contribution is 2.22. The molecule has 138 valence electrons. The van der Waals surface area contributed by atoms with Gasteiger partial charge in [-0.15, -0.1) is 0 Å². The second-order valence-corrected chi connectivity index (χ2v) is 6.67. The smallest absolute Gasteiger partial charge is 0.228 e. The van der Waals surface area contributed by atoms with Crippen LogP contribution in [0.5, 0.6) is 0 Å². The number of hydrogen-bond donors (Lipinski definition) is 1. The summed E-state index contributed by atoms with van der Waals surface area (Å²) in [7, 11) is 0. The maximum Gasteiger partial charge on any atom is 0.228 e. The first-order valence-electron chi connectivity index (χ1n) is 9.08. The number of hydrogen-bond acceptors (Lipinski definition) is 3. The summed E-state index contributed by atoms with van der Waals surface area (Å²) in [5, 5.41) is 7.30. The van der Waals surface area contributed by atoms with E-state index < -0.39 is 0 Å². The van der Waals surface area contributed by atoms with Gasteiger partial charge in [0.2, 0.25) is 5.91 Å². The van der Waals surface area contributed by atoms with Crippen LogP contribution < -0.4 is 5.32 Å². The third kappa shape index (κ3) is 4.15. The van der Waals surface area contributed by atoms with Crippen molar-refractivity contribution in [3.8, 4) is 16.8 Å². The van der Waals surface area contributed by atoms with E-state index in [2.05, 4.69) is 21.5 Å². The fourth-order valence-electron chi connectivity index (χ4n) is 3.11. The van der Waals surface area contributed by atoms with Crippen LogP contribution in [-0.4, -0.2) is 20.7 Å². The number of nitrogens with one attached hydrogen (secondary N) is 1. The van der Waals surface area contributed by atoms with Crippen molar-refractivity contribution in [1.82, 2.24) is 14.8 Å². The first kappa shape index (κ1) is 17.7. The zero-order valence-corrected chi connectivity index (χ0v) is 15.5. The molecule has 0 saturated heterocycles. The number of pyridine rings is 1. The first-order chi connectivity index (χ1) is 13.7. The van der Waals surface area contributed by atoms with E-state index >= 15 is 0 Å². The SMILES string of the molecule is Cc1cccc(CC(=O)Nc2cnn(-c3cccc(-c4ccncc4)c3)c2)c1. The van der Waals surface area contributed by atoms with Crippen LogP contribution in [-0.2, 0) is 11.2 Å². The Bertz CT molecular complexity index is 1100. The van der Waals surface area contributed by atoms with Gasteiger partial charge in [-0.3, -0.25) is 9.78 Å². The molecule has 0 bridgehead atoms. The molecule has 5 nitrogen and oxygen atoms in total. The summed E-state index contributed by atoms with van der Waals surface area (Å²) in [5.74, 6) is -0.0595. The van der Waals surface area contributed by atoms with Gasteiger partial charge in [0.15, 0.2) is 0 Å². The Balaban J connectivity index is 1.48. The van der Waals surface area contributed by atoms with Crippen molar-refractivity contribution >= 4 is 11.6 Å². The molecule has 0 aliphatic carbocycles. The number of benzene rings is 2. The summed E-state index contributed by atoms with van der Waals surface area (Å²) in [5.41, 5.74) is 5.92. The summed E-state index contributed by atoms with van der Waals surface area (Å²) in [4.78, 5) is 16.4. The van der Waals surface area contributed by atoms with Crippen molar-refractivity contribution in [3.05, 3.63) is 96.6 Å². The fourth-order valence-corrected chi connectivity index (χ4v) is 3.11. The minimum atomic E-state index is -0.0595. The summed E-state index contributed by atoms with van der Waals surface area (Å²) in [6.45, 7) is 2.02. The summed E-state index contributed by atoms with van der Waals surface area (Å²) < 4.78 is 1.76. The van der Waals surface area contributed by atoms with Crippen LogP contribution in [0.2, 0.25) is 0 Å². The van der Waals surface area contributed by atoms with E-state index in [-0.39, 0.29) is 5.91 Å². The van der Waals surface area contributed by atoms with E-state index in [1.807, 2.05) is 67.7 Å². The minimum Gasteiger partial charge on any atom is -0.323 e. The van der Waals surface area contributed by atoms with Gasteiger partial charge in [-0.2, -0.15) is 5.10 Å². The molecule has 0 spiro atoms. The number of aromatic nitrogens is 3. The van der Waals surface area contributed by atoms with Crippen LogP contribution in [0.15, 0.2) is 85.5 Å². The van der Waals surface area contributed by atoms with Crippen LogP contribution in [0.1, 0.15) is 11.1 Å². The first-order valence-corrected chi connectivity index (χ1v) is 9.08. The van der Waals surface area contributed by atoms with Gasteiger partial charge in [-0.25, -0.2) is 4.68 Å². The molecule has 4 aromatic rings. The highest BCUT2D eigenvalue weighted by atomic mass is 16.1. The highest BCUT2D eigenvalue weighted by molar-refractivity contribution is 5.92. The number of rotatable bonds is 5. The van der Waals surface area contributed by atoms with E-state index in [0.29, 0.717) is 12.1 Å². The molecule has 2 aromatic carbocycles. The van der Waals surface area contributed by atoms with Crippen LogP contribution in [0.4, 0.5) is 5.69 Å². The molecule has 0 unspecified atom stereocenters. The maximum atomic E-state index is 12.3. The van der Waals surface area contributed by atoms with Crippen LogP contribution in [0.25, 0.3) is 16.8 Å². The second kappa shape index (κ2) is 7.88. The lowest BCUT2D eigenvalue weighted by molar-refractivity contribution is -0.115. The van der Waals surface area contributed by atoms with E-state index in [1.165, 1.54) is 0 Å². The summed E-state index contributed by atoms with van der Waals surface area (Å²) in [6, 6.07) is 20.0. The Labute approximate surface area is 163 Å². The molecule has 0 fully saturated rings. The molecule has 0 saturated carbocycles.